The van der Waals surface area contributed by atoms with Gasteiger partial charge in [-0.05, 0) is 25.0 Å². The van der Waals surface area contributed by atoms with E-state index in [0.29, 0.717) is 5.13 Å². The van der Waals surface area contributed by atoms with Gasteiger partial charge >= 0.3 is 29.6 Å². The minimum Gasteiger partial charge on any atom is -0.550 e. The van der Waals surface area contributed by atoms with Crippen LogP contribution in [0.2, 0.25) is 4.34 Å². The van der Waals surface area contributed by atoms with Crippen molar-refractivity contribution in [3.05, 3.63) is 34.2 Å². The smallest absolute Gasteiger partial charge is 0.550 e. The monoisotopic (exact) mass is 408 g/mol. The van der Waals surface area contributed by atoms with Crippen molar-refractivity contribution in [1.29, 1.82) is 0 Å². The van der Waals surface area contributed by atoms with Gasteiger partial charge in [-0.1, -0.05) is 35.8 Å². The third-order valence-electron chi connectivity index (χ3n) is 4.33. The quantitative estimate of drug-likeness (QED) is 0.658. The molecule has 134 valence electrons. The molecule has 0 N–H and O–H groups in total. The van der Waals surface area contributed by atoms with Crippen molar-refractivity contribution >= 4 is 34.0 Å². The number of benzene rings is 1. The largest absolute Gasteiger partial charge is 1.00 e. The van der Waals surface area contributed by atoms with Crippen molar-refractivity contribution in [2.24, 2.45) is 0 Å². The SMILES string of the molecule is O=C([O-])CCN(c1nc(-c2ccc(F)cc2F)c(Cl)s1)C1CCCC1.[Na+]. The molecular formula is C17H16ClF2N2NaO2S. The number of aromatic nitrogens is 1. The Morgan fingerprint density at radius 1 is 1.35 bits per heavy atom. The van der Waals surface area contributed by atoms with E-state index in [2.05, 4.69) is 4.98 Å². The Morgan fingerprint density at radius 3 is 2.65 bits per heavy atom. The Morgan fingerprint density at radius 2 is 2.04 bits per heavy atom. The summed E-state index contributed by atoms with van der Waals surface area (Å²) >= 11 is 7.42. The summed E-state index contributed by atoms with van der Waals surface area (Å²) in [6.45, 7) is 0.266. The maximum atomic E-state index is 14.0. The minimum atomic E-state index is -1.13. The molecule has 0 aliphatic heterocycles. The molecule has 1 heterocycles. The van der Waals surface area contributed by atoms with Crippen LogP contribution >= 0.6 is 22.9 Å². The standard InChI is InChI=1S/C17H17ClF2N2O2S.Na/c18-16-15(12-6-5-10(19)9-13(12)20)21-17(25-16)22(8-7-14(23)24)11-3-1-2-4-11;/h5-6,9,11H,1-4,7-8H2,(H,23,24);/q;+1/p-1. The Kier molecular flexibility index (Phi) is 7.85. The maximum Gasteiger partial charge on any atom is 1.00 e. The van der Waals surface area contributed by atoms with Gasteiger partial charge in [0.1, 0.15) is 21.7 Å². The zero-order valence-corrected chi connectivity index (χ0v) is 17.9. The van der Waals surface area contributed by atoms with Gasteiger partial charge in [0.15, 0.2) is 5.13 Å². The molecule has 0 atom stereocenters. The molecule has 0 saturated heterocycles. The van der Waals surface area contributed by atoms with E-state index in [1.807, 2.05) is 4.90 Å². The molecule has 9 heteroatoms. The van der Waals surface area contributed by atoms with E-state index >= 15 is 0 Å². The topological polar surface area (TPSA) is 56.3 Å². The fourth-order valence-electron chi connectivity index (χ4n) is 3.12. The molecule has 1 saturated carbocycles. The van der Waals surface area contributed by atoms with E-state index in [9.17, 15) is 18.7 Å². The number of hydrogen-bond acceptors (Lipinski definition) is 5. The van der Waals surface area contributed by atoms with Crippen LogP contribution in [-0.2, 0) is 4.79 Å². The van der Waals surface area contributed by atoms with Crippen LogP contribution in [0.4, 0.5) is 13.9 Å². The van der Waals surface area contributed by atoms with Crippen molar-refractivity contribution < 1.29 is 48.2 Å². The van der Waals surface area contributed by atoms with Crippen molar-refractivity contribution in [2.75, 3.05) is 11.4 Å². The molecule has 0 bridgehead atoms. The van der Waals surface area contributed by atoms with E-state index in [1.54, 1.807) is 0 Å². The first-order chi connectivity index (χ1) is 12.0. The van der Waals surface area contributed by atoms with Gasteiger partial charge in [0, 0.05) is 36.6 Å². The van der Waals surface area contributed by atoms with Crippen LogP contribution in [0.1, 0.15) is 32.1 Å². The molecule has 26 heavy (non-hydrogen) atoms. The van der Waals surface area contributed by atoms with Gasteiger partial charge in [-0.25, -0.2) is 13.8 Å². The summed E-state index contributed by atoms with van der Waals surface area (Å²) in [7, 11) is 0. The van der Waals surface area contributed by atoms with E-state index in [0.717, 1.165) is 37.8 Å². The van der Waals surface area contributed by atoms with E-state index in [1.165, 1.54) is 17.4 Å². The maximum absolute atomic E-state index is 14.0. The number of thiazole rings is 1. The number of hydrogen-bond donors (Lipinski definition) is 0. The van der Waals surface area contributed by atoms with Gasteiger partial charge in [0.2, 0.25) is 0 Å². The van der Waals surface area contributed by atoms with Gasteiger partial charge in [0.25, 0.3) is 0 Å². The number of carbonyl (C=O) groups is 1. The normalized spacial score (nSPS) is 14.3. The molecule has 0 spiro atoms. The molecule has 3 rings (SSSR count). The molecule has 1 aromatic carbocycles. The van der Waals surface area contributed by atoms with Crippen LogP contribution in [0.5, 0.6) is 0 Å². The second-order valence-electron chi connectivity index (χ2n) is 6.00. The molecule has 1 fully saturated rings. The third kappa shape index (κ3) is 4.95. The molecular weight excluding hydrogens is 393 g/mol. The van der Waals surface area contributed by atoms with Crippen molar-refractivity contribution in [3.8, 4) is 11.3 Å². The molecule has 0 amide bonds. The summed E-state index contributed by atoms with van der Waals surface area (Å²) in [6, 6.07) is 3.43. The molecule has 2 aromatic rings. The van der Waals surface area contributed by atoms with Gasteiger partial charge < -0.3 is 14.8 Å². The van der Waals surface area contributed by atoms with Crippen LogP contribution in [-0.4, -0.2) is 23.5 Å². The third-order valence-corrected chi connectivity index (χ3v) is 5.62. The van der Waals surface area contributed by atoms with Crippen LogP contribution in [0, 0.1) is 11.6 Å². The van der Waals surface area contributed by atoms with Crippen LogP contribution < -0.4 is 39.6 Å². The summed E-state index contributed by atoms with van der Waals surface area (Å²) < 4.78 is 27.5. The van der Waals surface area contributed by atoms with E-state index in [-0.39, 0.29) is 64.2 Å². The van der Waals surface area contributed by atoms with Gasteiger partial charge in [-0.15, -0.1) is 0 Å². The first-order valence-corrected chi connectivity index (χ1v) is 9.23. The number of anilines is 1. The molecule has 0 unspecified atom stereocenters. The first-order valence-electron chi connectivity index (χ1n) is 8.04. The number of rotatable bonds is 6. The summed E-state index contributed by atoms with van der Waals surface area (Å²) in [6.07, 6.45) is 3.93. The number of nitrogens with zero attached hydrogens (tertiary/aromatic N) is 2. The van der Waals surface area contributed by atoms with Crippen LogP contribution in [0.25, 0.3) is 11.3 Å². The number of carboxylic acids is 1. The first kappa shape index (κ1) is 21.6. The molecule has 1 aliphatic rings. The molecule has 0 radical (unpaired) electrons. The predicted octanol–water partition coefficient (Wildman–Crippen LogP) is 0.635. The Bertz CT molecular complexity index is 784. The zero-order valence-electron chi connectivity index (χ0n) is 14.3. The summed E-state index contributed by atoms with van der Waals surface area (Å²) in [5, 5.41) is 11.4. The zero-order chi connectivity index (χ0) is 18.0. The van der Waals surface area contributed by atoms with Crippen LogP contribution in [0.3, 0.4) is 0 Å². The minimum absolute atomic E-state index is 0. The second-order valence-corrected chi connectivity index (χ2v) is 7.58. The fraction of sp³-hybridized carbons (Fsp3) is 0.412. The molecule has 1 aliphatic carbocycles. The Labute approximate surface area is 181 Å². The summed E-state index contributed by atoms with van der Waals surface area (Å²) in [5.74, 6) is -2.54. The Balaban J connectivity index is 0.00000243. The van der Waals surface area contributed by atoms with Crippen molar-refractivity contribution in [1.82, 2.24) is 4.98 Å². The summed E-state index contributed by atoms with van der Waals surface area (Å²) in [4.78, 5) is 17.2. The van der Waals surface area contributed by atoms with Crippen LogP contribution in [0.15, 0.2) is 18.2 Å². The summed E-state index contributed by atoms with van der Waals surface area (Å²) in [5.41, 5.74) is 0.371. The fourth-order valence-corrected chi connectivity index (χ4v) is 4.38. The van der Waals surface area contributed by atoms with Gasteiger partial charge in [0.05, 0.1) is 0 Å². The number of aliphatic carboxylic acids is 1. The number of carbonyl (C=O) groups excluding carboxylic acids is 1. The van der Waals surface area contributed by atoms with Crippen molar-refractivity contribution in [3.63, 3.8) is 0 Å². The number of carboxylic acid groups (broad SMARTS) is 1. The molecule has 1 aromatic heterocycles. The second kappa shape index (κ2) is 9.46. The van der Waals surface area contributed by atoms with Gasteiger partial charge in [-0.3, -0.25) is 0 Å². The number of halogens is 3. The van der Waals surface area contributed by atoms with E-state index in [4.69, 9.17) is 11.6 Å². The van der Waals surface area contributed by atoms with Crippen molar-refractivity contribution in [2.45, 2.75) is 38.1 Å². The average molecular weight is 409 g/mol. The van der Waals surface area contributed by atoms with E-state index < -0.39 is 17.6 Å². The Hall–Kier alpha value is -0.730. The molecule has 4 nitrogen and oxygen atoms in total. The van der Waals surface area contributed by atoms with Gasteiger partial charge in [-0.2, -0.15) is 0 Å². The average Bonchev–Trinajstić information content (AvgIpc) is 3.18. The predicted molar refractivity (Wildman–Crippen MR) is 91.7 cm³/mol.